The lowest BCUT2D eigenvalue weighted by Gasteiger charge is -2.13. The predicted octanol–water partition coefficient (Wildman–Crippen LogP) is 5.91. The first-order chi connectivity index (χ1) is 13.8. The molecule has 2 aromatic heterocycles. The quantitative estimate of drug-likeness (QED) is 0.405. The molecule has 4 rings (SSSR count). The molecule has 0 bridgehead atoms. The highest BCUT2D eigenvalue weighted by molar-refractivity contribution is 7.18. The van der Waals surface area contributed by atoms with Crippen LogP contribution in [0.2, 0.25) is 0 Å². The van der Waals surface area contributed by atoms with Crippen molar-refractivity contribution in [3.63, 3.8) is 0 Å². The van der Waals surface area contributed by atoms with E-state index in [1.165, 1.54) is 12.1 Å². The van der Waals surface area contributed by atoms with E-state index >= 15 is 0 Å². The highest BCUT2D eigenvalue weighted by atomic mass is 32.1. The van der Waals surface area contributed by atoms with Crippen LogP contribution in [0.4, 0.5) is 13.2 Å². The number of hydrogen-bond acceptors (Lipinski definition) is 5. The number of oxazole rings is 1. The lowest BCUT2D eigenvalue weighted by Crippen LogP contribution is -2.17. The lowest BCUT2D eigenvalue weighted by atomic mass is 10.1. The Labute approximate surface area is 169 Å². The fourth-order valence-electron chi connectivity index (χ4n) is 3.03. The summed E-state index contributed by atoms with van der Waals surface area (Å²) in [6.07, 6.45) is -4.36. The predicted molar refractivity (Wildman–Crippen MR) is 106 cm³/mol. The molecule has 29 heavy (non-hydrogen) atoms. The second kappa shape index (κ2) is 7.61. The molecule has 0 saturated carbocycles. The van der Waals surface area contributed by atoms with Gasteiger partial charge in [-0.2, -0.15) is 13.2 Å². The van der Waals surface area contributed by atoms with E-state index in [2.05, 4.69) is 20.9 Å². The lowest BCUT2D eigenvalue weighted by molar-refractivity contribution is -0.137. The molecule has 0 unspecified atom stereocenters. The summed E-state index contributed by atoms with van der Waals surface area (Å²) in [5.74, 6) is 0.968. The van der Waals surface area contributed by atoms with Gasteiger partial charge in [0.25, 0.3) is 0 Å². The Morgan fingerprint density at radius 1 is 1.00 bits per heavy atom. The van der Waals surface area contributed by atoms with Crippen molar-refractivity contribution >= 4 is 21.6 Å². The fraction of sp³-hybridized carbons (Fsp3) is 0.238. The second-order valence-corrected chi connectivity index (χ2v) is 7.96. The molecule has 8 heteroatoms. The van der Waals surface area contributed by atoms with E-state index in [9.17, 15) is 13.2 Å². The zero-order chi connectivity index (χ0) is 20.6. The first-order valence-electron chi connectivity index (χ1n) is 8.96. The van der Waals surface area contributed by atoms with E-state index in [1.54, 1.807) is 18.3 Å². The summed E-state index contributed by atoms with van der Waals surface area (Å²) in [7, 11) is 1.97. The first kappa shape index (κ1) is 19.6. The summed E-state index contributed by atoms with van der Waals surface area (Å²) in [6, 6.07) is 12.8. The number of thiazole rings is 1. The number of rotatable bonds is 5. The maximum Gasteiger partial charge on any atom is 0.416 e. The molecule has 2 heterocycles. The molecule has 0 aliphatic heterocycles. The Morgan fingerprint density at radius 2 is 1.72 bits per heavy atom. The number of aryl methyl sites for hydroxylation is 1. The Kier molecular flexibility index (Phi) is 5.14. The molecule has 2 aromatic carbocycles. The van der Waals surface area contributed by atoms with Crippen molar-refractivity contribution in [1.29, 1.82) is 0 Å². The van der Waals surface area contributed by atoms with Crippen molar-refractivity contribution in [3.05, 3.63) is 70.6 Å². The summed E-state index contributed by atoms with van der Waals surface area (Å²) in [5.41, 5.74) is 1.56. The van der Waals surface area contributed by atoms with Crippen LogP contribution in [0.1, 0.15) is 22.0 Å². The van der Waals surface area contributed by atoms with Crippen LogP contribution in [-0.2, 0) is 19.3 Å². The molecule has 150 valence electrons. The number of aromatic nitrogens is 2. The van der Waals surface area contributed by atoms with E-state index in [1.807, 2.05) is 25.2 Å². The third-order valence-corrected chi connectivity index (χ3v) is 5.54. The average molecular weight is 417 g/mol. The largest absolute Gasteiger partial charge is 0.441 e. The summed E-state index contributed by atoms with van der Waals surface area (Å²) in [6.45, 7) is 3.02. The van der Waals surface area contributed by atoms with Crippen LogP contribution in [0.3, 0.4) is 0 Å². The normalized spacial score (nSPS) is 12.2. The fourth-order valence-corrected chi connectivity index (χ4v) is 4.08. The van der Waals surface area contributed by atoms with Gasteiger partial charge < -0.3 is 4.42 Å². The van der Waals surface area contributed by atoms with Crippen molar-refractivity contribution in [2.75, 3.05) is 7.05 Å². The maximum atomic E-state index is 12.7. The van der Waals surface area contributed by atoms with Gasteiger partial charge in [0.05, 0.1) is 28.0 Å². The summed E-state index contributed by atoms with van der Waals surface area (Å²) < 4.78 is 45.0. The van der Waals surface area contributed by atoms with E-state index in [-0.39, 0.29) is 0 Å². The van der Waals surface area contributed by atoms with Gasteiger partial charge in [-0.1, -0.05) is 12.1 Å². The maximum absolute atomic E-state index is 12.7. The molecule has 0 radical (unpaired) electrons. The van der Waals surface area contributed by atoms with Crippen molar-refractivity contribution in [2.24, 2.45) is 0 Å². The third-order valence-electron chi connectivity index (χ3n) is 4.51. The van der Waals surface area contributed by atoms with Gasteiger partial charge >= 0.3 is 6.18 Å². The van der Waals surface area contributed by atoms with Crippen LogP contribution in [0.5, 0.6) is 0 Å². The molecule has 4 aromatic rings. The molecular formula is C21H18F3N3OS. The van der Waals surface area contributed by atoms with E-state index in [4.69, 9.17) is 4.42 Å². The van der Waals surface area contributed by atoms with Gasteiger partial charge in [0, 0.05) is 12.1 Å². The molecule has 0 amide bonds. The number of para-hydroxylation sites is 1. The molecular weight excluding hydrogens is 399 g/mol. The second-order valence-electron chi connectivity index (χ2n) is 6.84. The van der Waals surface area contributed by atoms with Crippen LogP contribution >= 0.6 is 11.3 Å². The number of hydrogen-bond donors (Lipinski definition) is 0. The van der Waals surface area contributed by atoms with Crippen LogP contribution < -0.4 is 0 Å². The van der Waals surface area contributed by atoms with E-state index in [0.29, 0.717) is 30.3 Å². The topological polar surface area (TPSA) is 42.2 Å². The summed E-state index contributed by atoms with van der Waals surface area (Å²) in [4.78, 5) is 11.2. The Bertz CT molecular complexity index is 1100. The zero-order valence-electron chi connectivity index (χ0n) is 15.8. The van der Waals surface area contributed by atoms with Gasteiger partial charge in [0.1, 0.15) is 10.8 Å². The molecule has 0 saturated heterocycles. The van der Waals surface area contributed by atoms with Gasteiger partial charge in [-0.3, -0.25) is 4.90 Å². The van der Waals surface area contributed by atoms with Gasteiger partial charge in [0.2, 0.25) is 5.89 Å². The Balaban J connectivity index is 1.47. The standard InChI is InChI=1S/C21H18F3N3OS/c1-13-17(11-27(2)12-19-25-16-5-3-4-6-18(16)29-19)26-20(28-13)14-7-9-15(10-8-14)21(22,23)24/h3-10H,11-12H2,1-2H3. The molecule has 0 aliphatic carbocycles. The van der Waals surface area contributed by atoms with Crippen molar-refractivity contribution in [2.45, 2.75) is 26.2 Å². The highest BCUT2D eigenvalue weighted by Gasteiger charge is 2.30. The number of fused-ring (bicyclic) bond motifs is 1. The molecule has 0 aliphatic rings. The third kappa shape index (κ3) is 4.33. The Morgan fingerprint density at radius 3 is 2.41 bits per heavy atom. The zero-order valence-corrected chi connectivity index (χ0v) is 16.6. The molecule has 0 spiro atoms. The monoisotopic (exact) mass is 417 g/mol. The molecule has 0 N–H and O–H groups in total. The minimum atomic E-state index is -4.36. The van der Waals surface area contributed by atoms with Crippen molar-refractivity contribution in [1.82, 2.24) is 14.9 Å². The SMILES string of the molecule is Cc1oc(-c2ccc(C(F)(F)F)cc2)nc1CN(C)Cc1nc2ccccc2s1. The molecule has 0 fully saturated rings. The minimum Gasteiger partial charge on any atom is -0.441 e. The van der Waals surface area contributed by atoms with E-state index < -0.39 is 11.7 Å². The van der Waals surface area contributed by atoms with Gasteiger partial charge in [-0.05, 0) is 50.4 Å². The number of alkyl halides is 3. The van der Waals surface area contributed by atoms with Crippen LogP contribution in [0.15, 0.2) is 52.9 Å². The van der Waals surface area contributed by atoms with Gasteiger partial charge in [0.15, 0.2) is 0 Å². The Hall–Kier alpha value is -2.71. The highest BCUT2D eigenvalue weighted by Crippen LogP contribution is 2.31. The van der Waals surface area contributed by atoms with Crippen LogP contribution in [0.25, 0.3) is 21.7 Å². The average Bonchev–Trinajstić information content (AvgIpc) is 3.24. The summed E-state index contributed by atoms with van der Waals surface area (Å²) in [5, 5.41) is 1.01. The first-order valence-corrected chi connectivity index (χ1v) is 9.78. The molecule has 0 atom stereocenters. The molecule has 4 nitrogen and oxygen atoms in total. The summed E-state index contributed by atoms with van der Waals surface area (Å²) >= 11 is 1.66. The van der Waals surface area contributed by atoms with Crippen molar-refractivity contribution < 1.29 is 17.6 Å². The number of nitrogens with zero attached hydrogens (tertiary/aromatic N) is 3. The number of benzene rings is 2. The van der Waals surface area contributed by atoms with Crippen LogP contribution in [-0.4, -0.2) is 21.9 Å². The van der Waals surface area contributed by atoms with Gasteiger partial charge in [-0.25, -0.2) is 9.97 Å². The number of halogens is 3. The van der Waals surface area contributed by atoms with Gasteiger partial charge in [-0.15, -0.1) is 11.3 Å². The smallest absolute Gasteiger partial charge is 0.416 e. The van der Waals surface area contributed by atoms with Crippen LogP contribution in [0, 0.1) is 6.92 Å². The van der Waals surface area contributed by atoms with Crippen molar-refractivity contribution in [3.8, 4) is 11.5 Å². The minimum absolute atomic E-state index is 0.319. The van der Waals surface area contributed by atoms with E-state index in [0.717, 1.165) is 33.1 Å².